The third-order valence-corrected chi connectivity index (χ3v) is 5.72. The Morgan fingerprint density at radius 3 is 2.58 bits per heavy atom. The first-order chi connectivity index (χ1) is 12.3. The number of rotatable bonds is 9. The second-order valence-corrected chi connectivity index (χ2v) is 7.19. The van der Waals surface area contributed by atoms with Crippen molar-refractivity contribution in [2.45, 2.75) is 44.0 Å². The lowest BCUT2D eigenvalue weighted by Crippen LogP contribution is -2.82. The van der Waals surface area contributed by atoms with Gasteiger partial charge in [-0.25, -0.2) is 9.59 Å². The van der Waals surface area contributed by atoms with Crippen molar-refractivity contribution < 1.29 is 34.1 Å². The van der Waals surface area contributed by atoms with Crippen molar-refractivity contribution in [1.82, 2.24) is 10.2 Å². The number of ether oxygens (including phenoxy) is 1. The molecule has 1 amide bonds. The van der Waals surface area contributed by atoms with E-state index in [0.29, 0.717) is 6.54 Å². The molecule has 0 aromatic carbocycles. The molecule has 0 aromatic rings. The van der Waals surface area contributed by atoms with E-state index >= 15 is 0 Å². The zero-order valence-electron chi connectivity index (χ0n) is 14.6. The predicted molar refractivity (Wildman–Crippen MR) is 92.3 cm³/mol. The summed E-state index contributed by atoms with van der Waals surface area (Å²) in [5.74, 6) is -3.88. The Hall–Kier alpha value is -2.07. The summed E-state index contributed by atoms with van der Waals surface area (Å²) in [7, 11) is 0. The average Bonchev–Trinajstić information content (AvgIpc) is 2.58. The number of hydrogen-bond donors (Lipinski definition) is 3. The molecule has 0 saturated carbocycles. The normalized spacial score (nSPS) is 24.8. The highest BCUT2D eigenvalue weighted by molar-refractivity contribution is 8.00. The van der Waals surface area contributed by atoms with Crippen LogP contribution in [0, 0.1) is 0 Å². The van der Waals surface area contributed by atoms with Gasteiger partial charge in [-0.2, -0.15) is 0 Å². The number of carboxylic acids is 2. The number of nitrogens with zero attached hydrogens (tertiary/aromatic N) is 1. The maximum absolute atomic E-state index is 12.7. The SMILES string of the molecule is CCCCCN[C@@]1(C(=O)O)C(=O)N2C(C(=O)O)=C(COC(C)=O)CS[C@@H]21. The first-order valence-electron chi connectivity index (χ1n) is 8.29. The van der Waals surface area contributed by atoms with Gasteiger partial charge in [-0.1, -0.05) is 19.8 Å². The number of unbranched alkanes of at least 4 members (excludes halogenated alkanes) is 2. The molecule has 2 aliphatic rings. The highest BCUT2D eigenvalue weighted by Gasteiger charge is 2.69. The first kappa shape index (κ1) is 20.2. The summed E-state index contributed by atoms with van der Waals surface area (Å²) < 4.78 is 4.85. The van der Waals surface area contributed by atoms with Gasteiger partial charge >= 0.3 is 17.9 Å². The van der Waals surface area contributed by atoms with E-state index in [4.69, 9.17) is 4.74 Å². The minimum Gasteiger partial charge on any atom is -0.479 e. The van der Waals surface area contributed by atoms with Gasteiger partial charge in [0.2, 0.25) is 5.54 Å². The van der Waals surface area contributed by atoms with Crippen LogP contribution < -0.4 is 5.32 Å². The molecule has 2 aliphatic heterocycles. The van der Waals surface area contributed by atoms with Crippen LogP contribution in [0.3, 0.4) is 0 Å². The molecule has 10 heteroatoms. The van der Waals surface area contributed by atoms with E-state index in [-0.39, 0.29) is 23.6 Å². The smallest absolute Gasteiger partial charge is 0.352 e. The van der Waals surface area contributed by atoms with Gasteiger partial charge in [0.25, 0.3) is 5.91 Å². The summed E-state index contributed by atoms with van der Waals surface area (Å²) in [5, 5.41) is 21.1. The van der Waals surface area contributed by atoms with E-state index in [0.717, 1.165) is 35.9 Å². The number of carbonyl (C=O) groups is 4. The standard InChI is InChI=1S/C16H22N2O7S/c1-3-4-5-6-17-16(15(23)24)13(22)18-11(12(20)21)10(7-25-9(2)19)8-26-14(16)18/h14,17H,3-8H2,1-2H3,(H,20,21)(H,23,24)/t14-,16+/m1/s1. The van der Waals surface area contributed by atoms with Gasteiger partial charge in [0.1, 0.15) is 17.7 Å². The van der Waals surface area contributed by atoms with Crippen LogP contribution in [0.25, 0.3) is 0 Å². The van der Waals surface area contributed by atoms with E-state index in [1.807, 2.05) is 6.92 Å². The van der Waals surface area contributed by atoms with Crippen molar-refractivity contribution >= 4 is 35.6 Å². The number of nitrogens with one attached hydrogen (secondary N) is 1. The molecule has 0 unspecified atom stereocenters. The van der Waals surface area contributed by atoms with Gasteiger partial charge in [0.05, 0.1) is 0 Å². The molecule has 1 fully saturated rings. The highest BCUT2D eigenvalue weighted by Crippen LogP contribution is 2.46. The van der Waals surface area contributed by atoms with Crippen molar-refractivity contribution in [3.05, 3.63) is 11.3 Å². The quantitative estimate of drug-likeness (QED) is 0.223. The van der Waals surface area contributed by atoms with Crippen LogP contribution in [0.15, 0.2) is 11.3 Å². The lowest BCUT2D eigenvalue weighted by molar-refractivity contribution is -0.170. The molecule has 0 aliphatic carbocycles. The van der Waals surface area contributed by atoms with Crippen molar-refractivity contribution in [2.24, 2.45) is 0 Å². The molecule has 3 N–H and O–H groups in total. The van der Waals surface area contributed by atoms with Gasteiger partial charge in [0.15, 0.2) is 0 Å². The molecule has 9 nitrogen and oxygen atoms in total. The Balaban J connectivity index is 2.27. The van der Waals surface area contributed by atoms with Crippen molar-refractivity contribution in [2.75, 3.05) is 18.9 Å². The van der Waals surface area contributed by atoms with Gasteiger partial charge in [-0.05, 0) is 13.0 Å². The number of fused-ring (bicyclic) bond motifs is 1. The van der Waals surface area contributed by atoms with E-state index in [2.05, 4.69) is 5.32 Å². The van der Waals surface area contributed by atoms with Crippen LogP contribution in [0.1, 0.15) is 33.1 Å². The Labute approximate surface area is 154 Å². The van der Waals surface area contributed by atoms with Gasteiger partial charge in [-0.15, -0.1) is 11.8 Å². The topological polar surface area (TPSA) is 133 Å². The van der Waals surface area contributed by atoms with E-state index < -0.39 is 34.7 Å². The predicted octanol–water partition coefficient (Wildman–Crippen LogP) is 0.407. The fourth-order valence-electron chi connectivity index (χ4n) is 3.02. The molecule has 0 spiro atoms. The van der Waals surface area contributed by atoms with Crippen LogP contribution >= 0.6 is 11.8 Å². The molecular weight excluding hydrogens is 364 g/mol. The number of hydrogen-bond acceptors (Lipinski definition) is 7. The monoisotopic (exact) mass is 386 g/mol. The maximum Gasteiger partial charge on any atom is 0.352 e. The summed E-state index contributed by atoms with van der Waals surface area (Å²) >= 11 is 1.15. The number of aliphatic carboxylic acids is 2. The number of esters is 1. The van der Waals surface area contributed by atoms with Crippen LogP contribution in [0.5, 0.6) is 0 Å². The molecule has 0 radical (unpaired) electrons. The van der Waals surface area contributed by atoms with Crippen molar-refractivity contribution in [3.8, 4) is 0 Å². The minimum atomic E-state index is -1.83. The summed E-state index contributed by atoms with van der Waals surface area (Å²) in [5.41, 5.74) is -1.86. The lowest BCUT2D eigenvalue weighted by Gasteiger charge is -2.55. The number of β-lactam (4-membered cyclic amide) rings is 1. The van der Waals surface area contributed by atoms with E-state index in [1.54, 1.807) is 0 Å². The molecule has 2 heterocycles. The molecule has 2 rings (SSSR count). The number of amides is 1. The number of carbonyl (C=O) groups excluding carboxylic acids is 2. The lowest BCUT2D eigenvalue weighted by atomic mass is 9.86. The summed E-state index contributed by atoms with van der Waals surface area (Å²) in [6, 6.07) is 0. The van der Waals surface area contributed by atoms with E-state index in [1.165, 1.54) is 6.92 Å². The third kappa shape index (κ3) is 3.43. The molecular formula is C16H22N2O7S. The van der Waals surface area contributed by atoms with Crippen molar-refractivity contribution in [3.63, 3.8) is 0 Å². The minimum absolute atomic E-state index is 0.162. The van der Waals surface area contributed by atoms with Crippen molar-refractivity contribution in [1.29, 1.82) is 0 Å². The largest absolute Gasteiger partial charge is 0.479 e. The Morgan fingerprint density at radius 2 is 2.04 bits per heavy atom. The van der Waals surface area contributed by atoms with Crippen LogP contribution in [0.2, 0.25) is 0 Å². The summed E-state index contributed by atoms with van der Waals surface area (Å²) in [6.07, 6.45) is 2.56. The number of thioether (sulfide) groups is 1. The zero-order chi connectivity index (χ0) is 19.5. The second-order valence-electron chi connectivity index (χ2n) is 6.12. The second kappa shape index (κ2) is 8.09. The number of carboxylic acid groups (broad SMARTS) is 2. The van der Waals surface area contributed by atoms with Gasteiger partial charge in [0, 0.05) is 18.2 Å². The summed E-state index contributed by atoms with van der Waals surface area (Å²) in [6.45, 7) is 3.31. The molecule has 26 heavy (non-hydrogen) atoms. The first-order valence-corrected chi connectivity index (χ1v) is 9.34. The summed E-state index contributed by atoms with van der Waals surface area (Å²) in [4.78, 5) is 48.2. The fraction of sp³-hybridized carbons (Fsp3) is 0.625. The molecule has 0 bridgehead atoms. The van der Waals surface area contributed by atoms with E-state index in [9.17, 15) is 29.4 Å². The van der Waals surface area contributed by atoms with Gasteiger partial charge in [-0.3, -0.25) is 19.8 Å². The van der Waals surface area contributed by atoms with Gasteiger partial charge < -0.3 is 14.9 Å². The Kier molecular flexibility index (Phi) is 6.30. The molecule has 144 valence electrons. The molecule has 0 aromatic heterocycles. The van der Waals surface area contributed by atoms with Crippen LogP contribution in [-0.4, -0.2) is 68.7 Å². The fourth-order valence-corrected chi connectivity index (χ4v) is 4.48. The third-order valence-electron chi connectivity index (χ3n) is 4.33. The Morgan fingerprint density at radius 1 is 1.35 bits per heavy atom. The molecule has 2 atom stereocenters. The Bertz CT molecular complexity index is 663. The van der Waals surface area contributed by atoms with Crippen LogP contribution in [-0.2, 0) is 23.9 Å². The zero-order valence-corrected chi connectivity index (χ0v) is 15.4. The maximum atomic E-state index is 12.7. The molecule has 1 saturated heterocycles. The highest BCUT2D eigenvalue weighted by atomic mass is 32.2. The van der Waals surface area contributed by atoms with Crippen LogP contribution in [0.4, 0.5) is 0 Å². The average molecular weight is 386 g/mol.